The van der Waals surface area contributed by atoms with Gasteiger partial charge in [-0.05, 0) is 68.5 Å². The number of nitrogens with one attached hydrogen (secondary N) is 1. The maximum Gasteiger partial charge on any atom is 0.251 e. The normalized spacial score (nSPS) is 18.6. The molecule has 1 aliphatic rings. The lowest BCUT2D eigenvalue weighted by Gasteiger charge is -2.30. The molecule has 1 fully saturated rings. The van der Waals surface area contributed by atoms with Gasteiger partial charge in [-0.25, -0.2) is 4.39 Å². The summed E-state index contributed by atoms with van der Waals surface area (Å²) in [5.41, 5.74) is 2.03. The van der Waals surface area contributed by atoms with E-state index in [1.807, 2.05) is 18.2 Å². The minimum atomic E-state index is -0.371. The van der Waals surface area contributed by atoms with Crippen LogP contribution in [0.15, 0.2) is 48.7 Å². The van der Waals surface area contributed by atoms with Gasteiger partial charge in [0.1, 0.15) is 17.6 Å². The number of fused-ring (bicyclic) bond motifs is 1. The summed E-state index contributed by atoms with van der Waals surface area (Å²) in [6, 6.07) is 14.1. The number of pyridine rings is 1. The molecule has 0 unspecified atom stereocenters. The van der Waals surface area contributed by atoms with Crippen LogP contribution in [0.4, 0.5) is 4.39 Å². The second kappa shape index (κ2) is 8.50. The molecule has 30 heavy (non-hydrogen) atoms. The van der Waals surface area contributed by atoms with Crippen molar-refractivity contribution < 1.29 is 13.9 Å². The smallest absolute Gasteiger partial charge is 0.251 e. The van der Waals surface area contributed by atoms with E-state index in [9.17, 15) is 14.4 Å². The van der Waals surface area contributed by atoms with Gasteiger partial charge >= 0.3 is 0 Å². The van der Waals surface area contributed by atoms with E-state index in [1.165, 1.54) is 6.07 Å². The molecule has 0 spiro atoms. The number of carbonyl (C=O) groups is 1. The standard InChI is InChI=1S/C24H22FN3O2/c1-15-5-6-16(13-21(15)25)24(29)28-18-7-9-19(10-8-18)30-22-11-12-27-23-17(14-26)3-2-4-20(22)23/h2-6,11-13,18-19H,7-10H2,1H3,(H,28,29). The van der Waals surface area contributed by atoms with Crippen molar-refractivity contribution in [3.63, 3.8) is 0 Å². The number of aromatic nitrogens is 1. The van der Waals surface area contributed by atoms with Gasteiger partial charge in [0.25, 0.3) is 5.91 Å². The number of para-hydroxylation sites is 1. The minimum Gasteiger partial charge on any atom is -0.490 e. The van der Waals surface area contributed by atoms with Gasteiger partial charge in [-0.1, -0.05) is 12.1 Å². The summed E-state index contributed by atoms with van der Waals surface area (Å²) in [6.45, 7) is 1.67. The molecular formula is C24H22FN3O2. The molecule has 0 aliphatic heterocycles. The topological polar surface area (TPSA) is 75.0 Å². The Kier molecular flexibility index (Phi) is 5.62. The number of rotatable bonds is 4. The van der Waals surface area contributed by atoms with E-state index < -0.39 is 0 Å². The van der Waals surface area contributed by atoms with Crippen LogP contribution >= 0.6 is 0 Å². The molecule has 1 N–H and O–H groups in total. The molecule has 0 radical (unpaired) electrons. The van der Waals surface area contributed by atoms with Crippen molar-refractivity contribution in [2.45, 2.75) is 44.8 Å². The zero-order valence-corrected chi connectivity index (χ0v) is 16.7. The van der Waals surface area contributed by atoms with E-state index in [-0.39, 0.29) is 23.9 Å². The fourth-order valence-electron chi connectivity index (χ4n) is 3.85. The summed E-state index contributed by atoms with van der Waals surface area (Å²) < 4.78 is 19.9. The predicted octanol–water partition coefficient (Wildman–Crippen LogP) is 4.67. The van der Waals surface area contributed by atoms with Crippen molar-refractivity contribution in [1.29, 1.82) is 5.26 Å². The minimum absolute atomic E-state index is 0.0336. The fraction of sp³-hybridized carbons (Fsp3) is 0.292. The third-order valence-corrected chi connectivity index (χ3v) is 5.59. The Morgan fingerprint density at radius 2 is 2.00 bits per heavy atom. The van der Waals surface area contributed by atoms with Crippen LogP contribution in [0.5, 0.6) is 5.75 Å². The number of nitrogens with zero attached hydrogens (tertiary/aromatic N) is 2. The van der Waals surface area contributed by atoms with Crippen molar-refractivity contribution in [3.8, 4) is 11.8 Å². The molecule has 2 aromatic carbocycles. The largest absolute Gasteiger partial charge is 0.490 e. The summed E-state index contributed by atoms with van der Waals surface area (Å²) in [4.78, 5) is 16.7. The van der Waals surface area contributed by atoms with E-state index in [2.05, 4.69) is 16.4 Å². The highest BCUT2D eigenvalue weighted by atomic mass is 19.1. The maximum absolute atomic E-state index is 13.7. The number of halogens is 1. The van der Waals surface area contributed by atoms with Gasteiger partial charge in [0, 0.05) is 23.2 Å². The lowest BCUT2D eigenvalue weighted by atomic mass is 9.92. The molecule has 0 bridgehead atoms. The highest BCUT2D eigenvalue weighted by Crippen LogP contribution is 2.30. The van der Waals surface area contributed by atoms with Crippen LogP contribution in [-0.2, 0) is 0 Å². The first-order valence-electron chi connectivity index (χ1n) is 10.1. The van der Waals surface area contributed by atoms with Crippen LogP contribution in [-0.4, -0.2) is 23.0 Å². The van der Waals surface area contributed by atoms with E-state index in [0.717, 1.165) is 36.8 Å². The number of amides is 1. The van der Waals surface area contributed by atoms with Crippen LogP contribution in [0.2, 0.25) is 0 Å². The first kappa shape index (κ1) is 19.8. The zero-order valence-electron chi connectivity index (χ0n) is 16.7. The van der Waals surface area contributed by atoms with Crippen molar-refractivity contribution in [2.75, 3.05) is 0 Å². The van der Waals surface area contributed by atoms with Crippen molar-refractivity contribution in [1.82, 2.24) is 10.3 Å². The Labute approximate surface area is 174 Å². The number of ether oxygens (including phenoxy) is 1. The molecule has 0 saturated heterocycles. The van der Waals surface area contributed by atoms with Crippen molar-refractivity contribution in [3.05, 3.63) is 71.2 Å². The summed E-state index contributed by atoms with van der Waals surface area (Å²) in [6.07, 6.45) is 4.87. The number of carbonyl (C=O) groups excluding carboxylic acids is 1. The fourth-order valence-corrected chi connectivity index (χ4v) is 3.85. The lowest BCUT2D eigenvalue weighted by molar-refractivity contribution is 0.0894. The number of benzene rings is 2. The summed E-state index contributed by atoms with van der Waals surface area (Å²) in [7, 11) is 0. The molecule has 0 atom stereocenters. The van der Waals surface area contributed by atoms with Crippen molar-refractivity contribution in [2.24, 2.45) is 0 Å². The lowest BCUT2D eigenvalue weighted by Crippen LogP contribution is -2.39. The first-order chi connectivity index (χ1) is 14.5. The third-order valence-electron chi connectivity index (χ3n) is 5.59. The molecule has 1 aromatic heterocycles. The van der Waals surface area contributed by atoms with Gasteiger partial charge in [-0.2, -0.15) is 5.26 Å². The molecule has 4 rings (SSSR count). The second-order valence-electron chi connectivity index (χ2n) is 7.65. The molecule has 1 amide bonds. The average molecular weight is 403 g/mol. The van der Waals surface area contributed by atoms with Crippen LogP contribution in [0.3, 0.4) is 0 Å². The van der Waals surface area contributed by atoms with E-state index in [4.69, 9.17) is 4.74 Å². The van der Waals surface area contributed by atoms with Crippen LogP contribution in [0.1, 0.15) is 47.2 Å². The molecule has 1 saturated carbocycles. The van der Waals surface area contributed by atoms with Gasteiger partial charge in [0.05, 0.1) is 17.2 Å². The molecule has 152 valence electrons. The summed E-state index contributed by atoms with van der Waals surface area (Å²) in [5.74, 6) is 0.103. The van der Waals surface area contributed by atoms with Gasteiger partial charge in [-0.15, -0.1) is 0 Å². The number of hydrogen-bond acceptors (Lipinski definition) is 4. The van der Waals surface area contributed by atoms with E-state index in [1.54, 1.807) is 31.3 Å². The number of hydrogen-bond donors (Lipinski definition) is 1. The van der Waals surface area contributed by atoms with Gasteiger partial charge in [0.2, 0.25) is 0 Å². The summed E-state index contributed by atoms with van der Waals surface area (Å²) >= 11 is 0. The quantitative estimate of drug-likeness (QED) is 0.687. The Bertz CT molecular complexity index is 1130. The van der Waals surface area contributed by atoms with E-state index in [0.29, 0.717) is 22.2 Å². The van der Waals surface area contributed by atoms with Gasteiger partial charge in [-0.3, -0.25) is 9.78 Å². The molecular weight excluding hydrogens is 381 g/mol. The predicted molar refractivity (Wildman–Crippen MR) is 112 cm³/mol. The second-order valence-corrected chi connectivity index (χ2v) is 7.65. The molecule has 3 aromatic rings. The number of aryl methyl sites for hydroxylation is 1. The average Bonchev–Trinajstić information content (AvgIpc) is 2.76. The zero-order chi connectivity index (χ0) is 21.1. The van der Waals surface area contributed by atoms with Crippen LogP contribution in [0.25, 0.3) is 10.9 Å². The Hall–Kier alpha value is -3.46. The Morgan fingerprint density at radius 3 is 2.73 bits per heavy atom. The van der Waals surface area contributed by atoms with Crippen LogP contribution in [0, 0.1) is 24.1 Å². The number of nitriles is 1. The molecule has 5 nitrogen and oxygen atoms in total. The Balaban J connectivity index is 1.37. The molecule has 1 heterocycles. The highest BCUT2D eigenvalue weighted by molar-refractivity contribution is 5.94. The highest BCUT2D eigenvalue weighted by Gasteiger charge is 2.24. The molecule has 6 heteroatoms. The van der Waals surface area contributed by atoms with Gasteiger partial charge < -0.3 is 10.1 Å². The van der Waals surface area contributed by atoms with E-state index >= 15 is 0 Å². The van der Waals surface area contributed by atoms with Crippen LogP contribution < -0.4 is 10.1 Å². The SMILES string of the molecule is Cc1ccc(C(=O)NC2CCC(Oc3ccnc4c(C#N)cccc34)CC2)cc1F. The maximum atomic E-state index is 13.7. The monoisotopic (exact) mass is 403 g/mol. The van der Waals surface area contributed by atoms with Gasteiger partial charge in [0.15, 0.2) is 0 Å². The Morgan fingerprint density at radius 1 is 1.20 bits per heavy atom. The van der Waals surface area contributed by atoms with Crippen molar-refractivity contribution >= 4 is 16.8 Å². The summed E-state index contributed by atoms with van der Waals surface area (Å²) in [5, 5.41) is 13.1. The molecule has 1 aliphatic carbocycles. The third kappa shape index (κ3) is 4.11. The first-order valence-corrected chi connectivity index (χ1v) is 10.1.